The van der Waals surface area contributed by atoms with Gasteiger partial charge in [-0.05, 0) is 18.6 Å². The Bertz CT molecular complexity index is 646. The number of nitro groups is 1. The molecule has 0 saturated carbocycles. The van der Waals surface area contributed by atoms with Crippen molar-refractivity contribution in [3.8, 4) is 0 Å². The third kappa shape index (κ3) is 5.56. The summed E-state index contributed by atoms with van der Waals surface area (Å²) in [5.74, 6) is -0.778. The zero-order valence-electron chi connectivity index (χ0n) is 11.0. The fourth-order valence-corrected chi connectivity index (χ4v) is 2.82. The van der Waals surface area contributed by atoms with Crippen molar-refractivity contribution >= 4 is 39.0 Å². The van der Waals surface area contributed by atoms with E-state index in [2.05, 4.69) is 9.46 Å². The first-order valence-corrected chi connectivity index (χ1v) is 7.79. The first kappa shape index (κ1) is 17.2. The number of hydrogen-bond donors (Lipinski definition) is 1. The minimum absolute atomic E-state index is 0.0154. The Morgan fingerprint density at radius 3 is 2.67 bits per heavy atom. The molecule has 21 heavy (non-hydrogen) atoms. The van der Waals surface area contributed by atoms with Gasteiger partial charge in [-0.25, -0.2) is 8.42 Å². The maximum Gasteiger partial charge on any atom is 0.305 e. The predicted octanol–water partition coefficient (Wildman–Crippen LogP) is 1.94. The average molecular weight is 337 g/mol. The normalized spacial score (nSPS) is 11.0. The van der Waals surface area contributed by atoms with Crippen molar-refractivity contribution in [2.45, 2.75) is 12.8 Å². The second-order valence-corrected chi connectivity index (χ2v) is 6.27. The van der Waals surface area contributed by atoms with E-state index in [1.165, 1.54) is 13.2 Å². The van der Waals surface area contributed by atoms with E-state index in [0.29, 0.717) is 0 Å². The number of benzene rings is 1. The lowest BCUT2D eigenvalue weighted by Gasteiger charge is -2.08. The number of anilines is 1. The summed E-state index contributed by atoms with van der Waals surface area (Å²) >= 11 is 5.68. The number of carbonyl (C=O) groups is 1. The maximum absolute atomic E-state index is 11.8. The highest BCUT2D eigenvalue weighted by molar-refractivity contribution is 7.92. The lowest BCUT2D eigenvalue weighted by atomic mass is 10.3. The van der Waals surface area contributed by atoms with Gasteiger partial charge in [0.2, 0.25) is 10.0 Å². The number of halogens is 1. The van der Waals surface area contributed by atoms with Crippen LogP contribution in [0, 0.1) is 10.1 Å². The van der Waals surface area contributed by atoms with Crippen molar-refractivity contribution in [1.29, 1.82) is 0 Å². The molecule has 0 amide bonds. The summed E-state index contributed by atoms with van der Waals surface area (Å²) in [5, 5.41) is 10.4. The van der Waals surface area contributed by atoms with Crippen molar-refractivity contribution in [2.24, 2.45) is 0 Å². The van der Waals surface area contributed by atoms with Gasteiger partial charge in [-0.1, -0.05) is 11.6 Å². The Labute approximate surface area is 126 Å². The molecule has 0 spiro atoms. The smallest absolute Gasteiger partial charge is 0.305 e. The molecule has 116 valence electrons. The van der Waals surface area contributed by atoms with E-state index in [1.807, 2.05) is 0 Å². The maximum atomic E-state index is 11.8. The van der Waals surface area contributed by atoms with Crippen LogP contribution in [-0.4, -0.2) is 32.2 Å². The number of ether oxygens (including phenoxy) is 1. The van der Waals surface area contributed by atoms with Crippen LogP contribution in [0.25, 0.3) is 0 Å². The molecule has 1 rings (SSSR count). The van der Waals surface area contributed by atoms with Crippen molar-refractivity contribution in [3.63, 3.8) is 0 Å². The number of hydrogen-bond acceptors (Lipinski definition) is 6. The van der Waals surface area contributed by atoms with Crippen LogP contribution in [0.15, 0.2) is 18.2 Å². The van der Waals surface area contributed by atoms with Crippen LogP contribution in [-0.2, 0) is 19.6 Å². The molecule has 0 fully saturated rings. The van der Waals surface area contributed by atoms with E-state index in [1.54, 1.807) is 0 Å². The highest BCUT2D eigenvalue weighted by Gasteiger charge is 2.16. The summed E-state index contributed by atoms with van der Waals surface area (Å²) in [6, 6.07) is 3.49. The van der Waals surface area contributed by atoms with Gasteiger partial charge >= 0.3 is 5.97 Å². The number of rotatable bonds is 7. The highest BCUT2D eigenvalue weighted by Crippen LogP contribution is 2.27. The third-order valence-electron chi connectivity index (χ3n) is 2.44. The van der Waals surface area contributed by atoms with Gasteiger partial charge in [0.1, 0.15) is 5.02 Å². The monoisotopic (exact) mass is 336 g/mol. The van der Waals surface area contributed by atoms with Gasteiger partial charge in [-0.2, -0.15) is 0 Å². The zero-order chi connectivity index (χ0) is 16.0. The Balaban J connectivity index is 2.69. The number of nitrogens with zero attached hydrogens (tertiary/aromatic N) is 1. The molecule has 1 N–H and O–H groups in total. The van der Waals surface area contributed by atoms with Crippen LogP contribution >= 0.6 is 11.6 Å². The lowest BCUT2D eigenvalue weighted by Crippen LogP contribution is -2.17. The van der Waals surface area contributed by atoms with Crippen molar-refractivity contribution < 1.29 is 22.9 Å². The summed E-state index contributed by atoms with van der Waals surface area (Å²) < 4.78 is 30.1. The number of methoxy groups -OCH3 is 1. The fraction of sp³-hybridized carbons (Fsp3) is 0.364. The Hall–Kier alpha value is -1.87. The molecule has 0 radical (unpaired) electrons. The SMILES string of the molecule is COC(=O)CCCS(=O)(=O)Nc1ccc([N+](=O)[O-])c(Cl)c1. The van der Waals surface area contributed by atoms with Gasteiger partial charge in [-0.15, -0.1) is 0 Å². The predicted molar refractivity (Wildman–Crippen MR) is 76.8 cm³/mol. The topological polar surface area (TPSA) is 116 Å². The molecule has 1 aromatic rings. The summed E-state index contributed by atoms with van der Waals surface area (Å²) in [5.41, 5.74) is -0.200. The largest absolute Gasteiger partial charge is 0.469 e. The minimum atomic E-state index is -3.67. The molecular weight excluding hydrogens is 324 g/mol. The van der Waals surface area contributed by atoms with Gasteiger partial charge < -0.3 is 4.74 Å². The second kappa shape index (κ2) is 7.23. The molecule has 0 aliphatic heterocycles. The third-order valence-corrected chi connectivity index (χ3v) is 4.11. The quantitative estimate of drug-likeness (QED) is 0.462. The van der Waals surface area contributed by atoms with Crippen molar-refractivity contribution in [2.75, 3.05) is 17.6 Å². The summed E-state index contributed by atoms with van der Waals surface area (Å²) in [6.07, 6.45) is 0.0845. The van der Waals surface area contributed by atoms with E-state index in [0.717, 1.165) is 12.1 Å². The van der Waals surface area contributed by atoms with Crippen LogP contribution in [0.3, 0.4) is 0 Å². The van der Waals surface area contributed by atoms with E-state index in [-0.39, 0.29) is 35.0 Å². The molecule has 8 nitrogen and oxygen atoms in total. The van der Waals surface area contributed by atoms with Gasteiger partial charge in [-0.3, -0.25) is 19.6 Å². The number of nitro benzene ring substituents is 1. The fourth-order valence-electron chi connectivity index (χ4n) is 1.46. The molecule has 0 bridgehead atoms. The van der Waals surface area contributed by atoms with Crippen LogP contribution in [0.1, 0.15) is 12.8 Å². The standard InChI is InChI=1S/C11H13ClN2O6S/c1-20-11(15)3-2-6-21(18,19)13-8-4-5-10(14(16)17)9(12)7-8/h4-5,7,13H,2-3,6H2,1H3. The Morgan fingerprint density at radius 1 is 1.48 bits per heavy atom. The number of esters is 1. The summed E-state index contributed by atoms with van der Waals surface area (Å²) in [7, 11) is -2.46. The van der Waals surface area contributed by atoms with Crippen molar-refractivity contribution in [1.82, 2.24) is 0 Å². The van der Waals surface area contributed by atoms with E-state index >= 15 is 0 Å². The first-order valence-electron chi connectivity index (χ1n) is 5.76. The molecular formula is C11H13ClN2O6S. The highest BCUT2D eigenvalue weighted by atomic mass is 35.5. The Kier molecular flexibility index (Phi) is 5.91. The second-order valence-electron chi connectivity index (χ2n) is 4.02. The molecule has 0 aliphatic carbocycles. The number of sulfonamides is 1. The van der Waals surface area contributed by atoms with Gasteiger partial charge in [0.05, 0.1) is 23.5 Å². The van der Waals surface area contributed by atoms with Crippen LogP contribution in [0.5, 0.6) is 0 Å². The first-order chi connectivity index (χ1) is 9.75. The number of carbonyl (C=O) groups excluding carboxylic acids is 1. The Morgan fingerprint density at radius 2 is 2.14 bits per heavy atom. The number of nitrogens with one attached hydrogen (secondary N) is 1. The molecule has 0 aliphatic rings. The molecule has 0 aromatic heterocycles. The molecule has 10 heteroatoms. The summed E-state index contributed by atoms with van der Waals surface area (Å²) in [4.78, 5) is 20.8. The molecule has 0 atom stereocenters. The lowest BCUT2D eigenvalue weighted by molar-refractivity contribution is -0.384. The van der Waals surface area contributed by atoms with Gasteiger partial charge in [0.25, 0.3) is 5.69 Å². The van der Waals surface area contributed by atoms with Gasteiger partial charge in [0.15, 0.2) is 0 Å². The molecule has 0 saturated heterocycles. The van der Waals surface area contributed by atoms with Crippen molar-refractivity contribution in [3.05, 3.63) is 33.3 Å². The van der Waals surface area contributed by atoms with Gasteiger partial charge in [0, 0.05) is 12.5 Å². The zero-order valence-corrected chi connectivity index (χ0v) is 12.6. The van der Waals surface area contributed by atoms with E-state index in [4.69, 9.17) is 11.6 Å². The van der Waals surface area contributed by atoms with E-state index < -0.39 is 20.9 Å². The van der Waals surface area contributed by atoms with Crippen LogP contribution in [0.4, 0.5) is 11.4 Å². The van der Waals surface area contributed by atoms with Crippen LogP contribution in [0.2, 0.25) is 5.02 Å². The molecule has 1 aromatic carbocycles. The molecule has 0 unspecified atom stereocenters. The van der Waals surface area contributed by atoms with E-state index in [9.17, 15) is 23.3 Å². The summed E-state index contributed by atoms with van der Waals surface area (Å²) in [6.45, 7) is 0. The minimum Gasteiger partial charge on any atom is -0.469 e. The van der Waals surface area contributed by atoms with Crippen LogP contribution < -0.4 is 4.72 Å². The average Bonchev–Trinajstić information content (AvgIpc) is 2.37. The molecule has 0 heterocycles.